The monoisotopic (exact) mass is 500 g/mol. The topological polar surface area (TPSA) is 70.6 Å². The quantitative estimate of drug-likeness (QED) is 0.148. The molecule has 0 spiro atoms. The van der Waals surface area contributed by atoms with Gasteiger partial charge in [-0.05, 0) is 58.0 Å². The average molecular weight is 501 g/mol. The zero-order chi connectivity index (χ0) is 26.2. The van der Waals surface area contributed by atoms with Gasteiger partial charge in [0.15, 0.2) is 0 Å². The largest absolute Gasteiger partial charge is 0.489 e. The summed E-state index contributed by atoms with van der Waals surface area (Å²) >= 11 is 0. The van der Waals surface area contributed by atoms with E-state index in [4.69, 9.17) is 9.94 Å². The van der Waals surface area contributed by atoms with Gasteiger partial charge in [0, 0.05) is 23.2 Å². The molecule has 0 atom stereocenters. The van der Waals surface area contributed by atoms with Crippen LogP contribution in [0, 0.1) is 0 Å². The fraction of sp³-hybridized carbons (Fsp3) is 0.0606. The third kappa shape index (κ3) is 6.09. The van der Waals surface area contributed by atoms with Gasteiger partial charge in [-0.25, -0.2) is 5.48 Å². The fourth-order valence-corrected chi connectivity index (χ4v) is 4.29. The molecule has 3 N–H and O–H groups in total. The molecule has 0 radical (unpaired) electrons. The van der Waals surface area contributed by atoms with E-state index in [1.807, 2.05) is 54.6 Å². The highest BCUT2D eigenvalue weighted by Crippen LogP contribution is 2.26. The van der Waals surface area contributed by atoms with Crippen molar-refractivity contribution in [1.29, 1.82) is 0 Å². The molecule has 1 amide bonds. The van der Waals surface area contributed by atoms with Gasteiger partial charge in [0.25, 0.3) is 5.91 Å². The molecule has 5 heteroatoms. The first-order chi connectivity index (χ1) is 18.7. The van der Waals surface area contributed by atoms with Crippen LogP contribution in [0.1, 0.15) is 15.9 Å². The third-order valence-electron chi connectivity index (χ3n) is 6.32. The Bertz CT molecular complexity index is 1540. The third-order valence-corrected chi connectivity index (χ3v) is 6.32. The number of anilines is 1. The second-order valence-corrected chi connectivity index (χ2v) is 8.93. The highest BCUT2D eigenvalue weighted by atomic mass is 16.5. The number of hydrogen-bond acceptors (Lipinski definition) is 4. The summed E-state index contributed by atoms with van der Waals surface area (Å²) in [7, 11) is 0. The molecule has 38 heavy (non-hydrogen) atoms. The maximum Gasteiger partial charge on any atom is 0.274 e. The predicted octanol–water partition coefficient (Wildman–Crippen LogP) is 7.20. The molecule has 0 bridgehead atoms. The summed E-state index contributed by atoms with van der Waals surface area (Å²) in [4.78, 5) is 11.7. The van der Waals surface area contributed by atoms with Gasteiger partial charge in [0.05, 0.1) is 0 Å². The number of ether oxygens (including phenoxy) is 1. The highest BCUT2D eigenvalue weighted by Gasteiger charge is 2.07. The van der Waals surface area contributed by atoms with Crippen LogP contribution >= 0.6 is 0 Å². The van der Waals surface area contributed by atoms with Crippen molar-refractivity contribution in [2.24, 2.45) is 0 Å². The molecule has 0 aromatic heterocycles. The van der Waals surface area contributed by atoms with Crippen LogP contribution in [0.4, 0.5) is 5.69 Å². The standard InChI is InChI=1S/C33H28N2O3/c36-33(35-37)29-15-13-24(14-16-29)21-25(23-38-32-12-6-10-28-9-4-5-11-31(28)32)22-34-30-19-17-27(18-20-30)26-7-2-1-3-8-26/h1-21,34,37H,22-23H2,(H,35,36)/b25-21-. The van der Waals surface area contributed by atoms with Crippen molar-refractivity contribution in [1.82, 2.24) is 5.48 Å². The first-order valence-corrected chi connectivity index (χ1v) is 12.4. The van der Waals surface area contributed by atoms with Gasteiger partial charge in [-0.1, -0.05) is 97.1 Å². The summed E-state index contributed by atoms with van der Waals surface area (Å²) in [5.74, 6) is 0.289. The summed E-state index contributed by atoms with van der Waals surface area (Å²) in [6, 6.07) is 39.9. The van der Waals surface area contributed by atoms with Crippen molar-refractivity contribution in [3.63, 3.8) is 0 Å². The van der Waals surface area contributed by atoms with Gasteiger partial charge in [0.1, 0.15) is 12.4 Å². The van der Waals surface area contributed by atoms with E-state index >= 15 is 0 Å². The van der Waals surface area contributed by atoms with E-state index < -0.39 is 5.91 Å². The normalized spacial score (nSPS) is 11.2. The van der Waals surface area contributed by atoms with Crippen molar-refractivity contribution in [2.45, 2.75) is 0 Å². The highest BCUT2D eigenvalue weighted by molar-refractivity contribution is 5.93. The summed E-state index contributed by atoms with van der Waals surface area (Å²) in [6.45, 7) is 0.969. The van der Waals surface area contributed by atoms with E-state index in [9.17, 15) is 4.79 Å². The second kappa shape index (κ2) is 11.9. The van der Waals surface area contributed by atoms with Gasteiger partial charge >= 0.3 is 0 Å². The molecule has 5 aromatic rings. The number of hydrogen-bond donors (Lipinski definition) is 3. The number of hydroxylamine groups is 1. The lowest BCUT2D eigenvalue weighted by atomic mass is 10.1. The Morgan fingerprint density at radius 3 is 2.18 bits per heavy atom. The molecule has 0 saturated carbocycles. The number of carbonyl (C=O) groups is 1. The van der Waals surface area contributed by atoms with Crippen LogP contribution in [0.5, 0.6) is 5.75 Å². The number of carbonyl (C=O) groups excluding carboxylic acids is 1. The smallest absolute Gasteiger partial charge is 0.274 e. The number of benzene rings is 5. The molecule has 0 heterocycles. The lowest BCUT2D eigenvalue weighted by molar-refractivity contribution is 0.0706. The lowest BCUT2D eigenvalue weighted by Gasteiger charge is -2.14. The second-order valence-electron chi connectivity index (χ2n) is 8.93. The van der Waals surface area contributed by atoms with Crippen LogP contribution in [0.15, 0.2) is 127 Å². The Morgan fingerprint density at radius 2 is 1.42 bits per heavy atom. The first kappa shape index (κ1) is 24.8. The van der Waals surface area contributed by atoms with Gasteiger partial charge in [-0.15, -0.1) is 0 Å². The molecule has 5 aromatic carbocycles. The van der Waals surface area contributed by atoms with Crippen LogP contribution in [-0.4, -0.2) is 24.3 Å². The molecule has 0 fully saturated rings. The van der Waals surface area contributed by atoms with Gasteiger partial charge in [0.2, 0.25) is 0 Å². The SMILES string of the molecule is O=C(NO)c1ccc(/C=C(/CNc2ccc(-c3ccccc3)cc2)COc2cccc3ccccc23)cc1. The van der Waals surface area contributed by atoms with Crippen LogP contribution in [0.3, 0.4) is 0 Å². The lowest BCUT2D eigenvalue weighted by Crippen LogP contribution is -2.18. The Labute approximate surface area is 222 Å². The Hall–Kier alpha value is -4.87. The molecular weight excluding hydrogens is 472 g/mol. The predicted molar refractivity (Wildman–Crippen MR) is 153 cm³/mol. The molecule has 5 rings (SSSR count). The maximum atomic E-state index is 11.7. The molecule has 0 aliphatic carbocycles. The summed E-state index contributed by atoms with van der Waals surface area (Å²) in [5.41, 5.74) is 7.36. The molecule has 0 aliphatic heterocycles. The zero-order valence-electron chi connectivity index (χ0n) is 20.8. The summed E-state index contributed by atoms with van der Waals surface area (Å²) in [6.07, 6.45) is 2.05. The van der Waals surface area contributed by atoms with E-state index in [0.717, 1.165) is 33.3 Å². The summed E-state index contributed by atoms with van der Waals surface area (Å²) in [5, 5.41) is 14.6. The molecule has 0 aliphatic rings. The van der Waals surface area contributed by atoms with Crippen molar-refractivity contribution in [2.75, 3.05) is 18.5 Å². The first-order valence-electron chi connectivity index (χ1n) is 12.4. The number of fused-ring (bicyclic) bond motifs is 1. The van der Waals surface area contributed by atoms with Gasteiger partial charge in [-0.2, -0.15) is 0 Å². The number of rotatable bonds is 9. The fourth-order valence-electron chi connectivity index (χ4n) is 4.29. The Morgan fingerprint density at radius 1 is 0.737 bits per heavy atom. The Balaban J connectivity index is 1.34. The van der Waals surface area contributed by atoms with E-state index in [0.29, 0.717) is 18.7 Å². The van der Waals surface area contributed by atoms with E-state index in [1.54, 1.807) is 17.6 Å². The van der Waals surface area contributed by atoms with Gasteiger partial charge < -0.3 is 10.1 Å². The maximum absolute atomic E-state index is 11.7. The molecule has 0 saturated heterocycles. The van der Waals surface area contributed by atoms with Crippen molar-refractivity contribution in [3.8, 4) is 16.9 Å². The molecule has 5 nitrogen and oxygen atoms in total. The zero-order valence-corrected chi connectivity index (χ0v) is 20.8. The van der Waals surface area contributed by atoms with Crippen LogP contribution < -0.4 is 15.5 Å². The minimum atomic E-state index is -0.541. The number of nitrogens with one attached hydrogen (secondary N) is 2. The van der Waals surface area contributed by atoms with Gasteiger partial charge in [-0.3, -0.25) is 10.0 Å². The van der Waals surface area contributed by atoms with E-state index in [1.165, 1.54) is 11.1 Å². The van der Waals surface area contributed by atoms with Crippen molar-refractivity contribution < 1.29 is 14.7 Å². The summed E-state index contributed by atoms with van der Waals surface area (Å²) < 4.78 is 6.29. The van der Waals surface area contributed by atoms with E-state index in [2.05, 4.69) is 66.0 Å². The van der Waals surface area contributed by atoms with Crippen LogP contribution in [-0.2, 0) is 0 Å². The van der Waals surface area contributed by atoms with Crippen molar-refractivity contribution in [3.05, 3.63) is 138 Å². The minimum Gasteiger partial charge on any atom is -0.489 e. The van der Waals surface area contributed by atoms with E-state index in [-0.39, 0.29) is 0 Å². The average Bonchev–Trinajstić information content (AvgIpc) is 2.99. The minimum absolute atomic E-state index is 0.384. The number of amides is 1. The van der Waals surface area contributed by atoms with Crippen molar-refractivity contribution >= 4 is 28.4 Å². The van der Waals surface area contributed by atoms with Crippen LogP contribution in [0.2, 0.25) is 0 Å². The molecular formula is C33H28N2O3. The Kier molecular flexibility index (Phi) is 7.78. The molecule has 0 unspecified atom stereocenters. The molecule has 188 valence electrons. The van der Waals surface area contributed by atoms with Crippen LogP contribution in [0.25, 0.3) is 28.0 Å².